The molecule has 0 aromatic heterocycles. The molecule has 0 spiro atoms. The van der Waals surface area contributed by atoms with E-state index < -0.39 is 0 Å². The van der Waals surface area contributed by atoms with Gasteiger partial charge in [0.05, 0.1) is 13.7 Å². The molecule has 44 heavy (non-hydrogen) atoms. The molecule has 2 aliphatic carbocycles. The third-order valence-electron chi connectivity index (χ3n) is 9.41. The number of rotatable bonds is 12. The maximum atomic E-state index is 14.0. The number of methoxy groups -OCH3 is 1. The van der Waals surface area contributed by atoms with Gasteiger partial charge in [-0.2, -0.15) is 0 Å². The molecule has 1 saturated carbocycles. The smallest absolute Gasteiger partial charge is 0.156 e. The van der Waals surface area contributed by atoms with Gasteiger partial charge >= 0.3 is 0 Å². The Morgan fingerprint density at radius 2 is 1.89 bits per heavy atom. The predicted molar refractivity (Wildman–Crippen MR) is 182 cm³/mol. The minimum Gasteiger partial charge on any atom is -0.497 e. The average molecular weight is 598 g/mol. The second kappa shape index (κ2) is 16.1. The molecule has 0 radical (unpaired) electrons. The van der Waals surface area contributed by atoms with Crippen LogP contribution < -0.4 is 0 Å². The van der Waals surface area contributed by atoms with Gasteiger partial charge in [0, 0.05) is 17.8 Å². The van der Waals surface area contributed by atoms with Crippen molar-refractivity contribution in [1.82, 2.24) is 4.90 Å². The molecule has 1 aliphatic heterocycles. The van der Waals surface area contributed by atoms with E-state index in [0.717, 1.165) is 79.5 Å². The van der Waals surface area contributed by atoms with E-state index in [-0.39, 0.29) is 11.6 Å². The lowest BCUT2D eigenvalue weighted by molar-refractivity contribution is -0.118. The molecule has 1 fully saturated rings. The van der Waals surface area contributed by atoms with Gasteiger partial charge in [0.25, 0.3) is 0 Å². The second-order valence-corrected chi connectivity index (χ2v) is 13.1. The van der Waals surface area contributed by atoms with Crippen LogP contribution in [-0.4, -0.2) is 24.3 Å². The standard InChI is InChI=1S/C40H52FNO2/c1-7-31(25-38(44-6)20-28(2)3)23-32-12-11-13-33(17-16-32)24-37(43)27-42-30(5)22-36(35-18-19-39(41)29(4)21-35)26-40(42)34-14-9-8-10-15-34/h13,18-22,25-26,32,34H,2,5,7-12,14-17,23-24,27H2,1,3-4,6H3. The van der Waals surface area contributed by atoms with Crippen LogP contribution in [0.25, 0.3) is 5.57 Å². The van der Waals surface area contributed by atoms with Crippen LogP contribution in [0, 0.1) is 24.6 Å². The Labute approximate surface area is 265 Å². The minimum atomic E-state index is -0.190. The summed E-state index contributed by atoms with van der Waals surface area (Å²) in [5.74, 6) is 1.94. The first-order valence-corrected chi connectivity index (χ1v) is 16.6. The normalized spacial score (nSPS) is 20.5. The Bertz CT molecular complexity index is 1380. The Kier molecular flexibility index (Phi) is 12.2. The maximum absolute atomic E-state index is 14.0. The molecule has 3 aliphatic rings. The third-order valence-corrected chi connectivity index (χ3v) is 9.41. The minimum absolute atomic E-state index is 0.190. The van der Waals surface area contributed by atoms with E-state index in [1.165, 1.54) is 36.1 Å². The first kappa shape index (κ1) is 33.5. The van der Waals surface area contributed by atoms with Crippen molar-refractivity contribution < 1.29 is 13.9 Å². The molecular weight excluding hydrogens is 545 g/mol. The molecular formula is C40H52FNO2. The predicted octanol–water partition coefficient (Wildman–Crippen LogP) is 10.7. The topological polar surface area (TPSA) is 29.5 Å². The number of carbonyl (C=O) groups excluding carboxylic acids is 1. The first-order valence-electron chi connectivity index (χ1n) is 16.6. The van der Waals surface area contributed by atoms with Gasteiger partial charge in [-0.3, -0.25) is 4.79 Å². The lowest BCUT2D eigenvalue weighted by atomic mass is 9.83. The van der Waals surface area contributed by atoms with Crippen LogP contribution in [0.1, 0.15) is 102 Å². The van der Waals surface area contributed by atoms with Gasteiger partial charge in [0.1, 0.15) is 11.6 Å². The number of halogens is 1. The van der Waals surface area contributed by atoms with Gasteiger partial charge in [-0.1, -0.05) is 68.2 Å². The molecule has 1 aromatic carbocycles. The molecule has 0 saturated heterocycles. The van der Waals surface area contributed by atoms with Crippen LogP contribution in [0.3, 0.4) is 0 Å². The van der Waals surface area contributed by atoms with Gasteiger partial charge in [-0.05, 0) is 130 Å². The highest BCUT2D eigenvalue weighted by Crippen LogP contribution is 2.39. The zero-order valence-corrected chi connectivity index (χ0v) is 27.5. The number of ketones is 1. The van der Waals surface area contributed by atoms with E-state index in [9.17, 15) is 9.18 Å². The third kappa shape index (κ3) is 9.30. The second-order valence-electron chi connectivity index (χ2n) is 13.1. The van der Waals surface area contributed by atoms with Crippen molar-refractivity contribution in [1.29, 1.82) is 0 Å². The van der Waals surface area contributed by atoms with Crippen molar-refractivity contribution in [3.63, 3.8) is 0 Å². The molecule has 1 aromatic rings. The number of carbonyl (C=O) groups is 1. The zero-order chi connectivity index (χ0) is 31.6. The van der Waals surface area contributed by atoms with Crippen LogP contribution in [0.4, 0.5) is 4.39 Å². The molecule has 0 bridgehead atoms. The average Bonchev–Trinajstić information content (AvgIpc) is 3.23. The van der Waals surface area contributed by atoms with Crippen molar-refractivity contribution in [3.8, 4) is 0 Å². The van der Waals surface area contributed by atoms with Crippen LogP contribution in [0.15, 0.2) is 95.6 Å². The molecule has 3 nitrogen and oxygen atoms in total. The molecule has 4 heteroatoms. The lowest BCUT2D eigenvalue weighted by Crippen LogP contribution is -2.33. The summed E-state index contributed by atoms with van der Waals surface area (Å²) in [4.78, 5) is 15.8. The summed E-state index contributed by atoms with van der Waals surface area (Å²) in [5, 5.41) is 0. The van der Waals surface area contributed by atoms with E-state index in [1.807, 2.05) is 25.1 Å². The number of nitrogens with zero attached hydrogens (tertiary/aromatic N) is 1. The fraction of sp³-hybridized carbons (Fsp3) is 0.475. The van der Waals surface area contributed by atoms with Crippen LogP contribution in [0.5, 0.6) is 0 Å². The highest BCUT2D eigenvalue weighted by atomic mass is 19.1. The van der Waals surface area contributed by atoms with Crippen molar-refractivity contribution >= 4 is 11.4 Å². The quantitative estimate of drug-likeness (QED) is 0.136. The molecule has 1 atom stereocenters. The Hall–Kier alpha value is -3.40. The van der Waals surface area contributed by atoms with E-state index in [2.05, 4.69) is 49.3 Å². The van der Waals surface area contributed by atoms with E-state index in [1.54, 1.807) is 20.1 Å². The van der Waals surface area contributed by atoms with Gasteiger partial charge in [0.2, 0.25) is 0 Å². The van der Waals surface area contributed by atoms with Gasteiger partial charge in [-0.25, -0.2) is 4.39 Å². The molecule has 1 heterocycles. The van der Waals surface area contributed by atoms with Crippen molar-refractivity contribution in [2.45, 2.75) is 97.8 Å². The summed E-state index contributed by atoms with van der Waals surface area (Å²) in [6.07, 6.45) is 23.6. The van der Waals surface area contributed by atoms with Gasteiger partial charge in [-0.15, -0.1) is 0 Å². The van der Waals surface area contributed by atoms with E-state index in [4.69, 9.17) is 4.74 Å². The maximum Gasteiger partial charge on any atom is 0.156 e. The van der Waals surface area contributed by atoms with Crippen molar-refractivity contribution in [2.75, 3.05) is 13.7 Å². The van der Waals surface area contributed by atoms with Gasteiger partial charge < -0.3 is 9.64 Å². The van der Waals surface area contributed by atoms with Gasteiger partial charge in [0.15, 0.2) is 5.78 Å². The number of Topliss-reactive ketones (excluding diaryl/α,β-unsaturated/α-hetero) is 1. The summed E-state index contributed by atoms with van der Waals surface area (Å²) in [6, 6.07) is 5.29. The number of ether oxygens (including phenoxy) is 1. The van der Waals surface area contributed by atoms with Crippen LogP contribution >= 0.6 is 0 Å². The molecule has 0 N–H and O–H groups in total. The Morgan fingerprint density at radius 3 is 2.57 bits per heavy atom. The zero-order valence-electron chi connectivity index (χ0n) is 27.5. The lowest BCUT2D eigenvalue weighted by Gasteiger charge is -2.37. The first-order chi connectivity index (χ1) is 21.2. The fourth-order valence-electron chi connectivity index (χ4n) is 6.91. The fourth-order valence-corrected chi connectivity index (χ4v) is 6.91. The SMILES string of the molecule is C=C(C)C=C(C=C(CC)CC1CCC=C(CC(=O)CN2C(=C)C=C(c3ccc(F)c(C)c3)C=C2C2CCCCC2)CC1)OC. The Morgan fingerprint density at radius 1 is 1.11 bits per heavy atom. The largest absolute Gasteiger partial charge is 0.497 e. The van der Waals surface area contributed by atoms with Crippen molar-refractivity contribution in [2.24, 2.45) is 11.8 Å². The van der Waals surface area contributed by atoms with Crippen molar-refractivity contribution in [3.05, 3.63) is 113 Å². The van der Waals surface area contributed by atoms with E-state index in [0.29, 0.717) is 30.4 Å². The van der Waals surface area contributed by atoms with E-state index >= 15 is 0 Å². The van der Waals surface area contributed by atoms with Crippen LogP contribution in [0.2, 0.25) is 0 Å². The molecule has 0 amide bonds. The van der Waals surface area contributed by atoms with Crippen LogP contribution in [-0.2, 0) is 9.53 Å². The number of allylic oxidation sites excluding steroid dienone is 10. The molecule has 236 valence electrons. The summed E-state index contributed by atoms with van der Waals surface area (Å²) >= 11 is 0. The highest BCUT2D eigenvalue weighted by Gasteiger charge is 2.28. The Balaban J connectivity index is 1.41. The summed E-state index contributed by atoms with van der Waals surface area (Å²) < 4.78 is 19.6. The number of aryl methyl sites for hydroxylation is 1. The number of benzene rings is 1. The molecule has 4 rings (SSSR count). The summed E-state index contributed by atoms with van der Waals surface area (Å²) in [7, 11) is 1.71. The highest BCUT2D eigenvalue weighted by molar-refractivity contribution is 5.85. The monoisotopic (exact) mass is 597 g/mol. The number of hydrogen-bond acceptors (Lipinski definition) is 3. The number of hydrogen-bond donors (Lipinski definition) is 0. The summed E-state index contributed by atoms with van der Waals surface area (Å²) in [5.41, 5.74) is 8.40. The summed E-state index contributed by atoms with van der Waals surface area (Å²) in [6.45, 7) is 14.7. The molecule has 1 unspecified atom stereocenters.